The molecule has 0 radical (unpaired) electrons. The van der Waals surface area contributed by atoms with E-state index >= 15 is 0 Å². The predicted octanol–water partition coefficient (Wildman–Crippen LogP) is 0.860. The smallest absolute Gasteiger partial charge is 0.134 e. The topological polar surface area (TPSA) is 54.2 Å². The Morgan fingerprint density at radius 3 is 3.00 bits per heavy atom. The number of rotatable bonds is 4. The molecule has 0 amide bonds. The first-order valence-electron chi connectivity index (χ1n) is 7.57. The summed E-state index contributed by atoms with van der Waals surface area (Å²) >= 11 is 0. The van der Waals surface area contributed by atoms with Gasteiger partial charge >= 0.3 is 0 Å². The van der Waals surface area contributed by atoms with Gasteiger partial charge in [0.05, 0.1) is 0 Å². The number of hydrogen-bond donors (Lipinski definition) is 1. The first-order valence-corrected chi connectivity index (χ1v) is 7.57. The third-order valence-electron chi connectivity index (χ3n) is 4.70. The minimum atomic E-state index is 0.279. The minimum absolute atomic E-state index is 0.279. The first kappa shape index (κ1) is 13.1. The quantitative estimate of drug-likeness (QED) is 0.876. The first-order chi connectivity index (χ1) is 9.31. The number of aryl methyl sites for hydroxylation is 1. The molecule has 2 atom stereocenters. The molecule has 106 valence electrons. The zero-order valence-corrected chi connectivity index (χ0v) is 11.8. The summed E-state index contributed by atoms with van der Waals surface area (Å²) in [6, 6.07) is 0.632. The summed E-state index contributed by atoms with van der Waals surface area (Å²) in [5.41, 5.74) is 0. The molecular formula is C14H24N4O. The second-order valence-electron chi connectivity index (χ2n) is 5.86. The van der Waals surface area contributed by atoms with E-state index in [2.05, 4.69) is 26.6 Å². The summed E-state index contributed by atoms with van der Waals surface area (Å²) < 4.78 is 2.26. The van der Waals surface area contributed by atoms with Crippen LogP contribution < -0.4 is 0 Å². The maximum atomic E-state index is 9.35. The lowest BCUT2D eigenvalue weighted by Crippen LogP contribution is -2.32. The highest BCUT2D eigenvalue weighted by Gasteiger charge is 2.28. The molecule has 3 rings (SSSR count). The Morgan fingerprint density at radius 2 is 2.21 bits per heavy atom. The van der Waals surface area contributed by atoms with Gasteiger partial charge in [-0.2, -0.15) is 0 Å². The van der Waals surface area contributed by atoms with Gasteiger partial charge in [0.1, 0.15) is 11.6 Å². The van der Waals surface area contributed by atoms with Gasteiger partial charge in [0.2, 0.25) is 0 Å². The van der Waals surface area contributed by atoms with Gasteiger partial charge in [0.25, 0.3) is 0 Å². The molecule has 19 heavy (non-hydrogen) atoms. The van der Waals surface area contributed by atoms with Crippen molar-refractivity contribution in [1.29, 1.82) is 0 Å². The van der Waals surface area contributed by atoms with Crippen molar-refractivity contribution in [3.8, 4) is 0 Å². The van der Waals surface area contributed by atoms with Crippen molar-refractivity contribution >= 4 is 0 Å². The zero-order valence-electron chi connectivity index (χ0n) is 11.8. The predicted molar refractivity (Wildman–Crippen MR) is 72.9 cm³/mol. The highest BCUT2D eigenvalue weighted by atomic mass is 16.3. The molecule has 1 saturated heterocycles. The van der Waals surface area contributed by atoms with Gasteiger partial charge in [-0.1, -0.05) is 6.92 Å². The van der Waals surface area contributed by atoms with Crippen LogP contribution in [0.15, 0.2) is 0 Å². The molecule has 2 aliphatic heterocycles. The van der Waals surface area contributed by atoms with E-state index in [4.69, 9.17) is 0 Å². The molecule has 0 spiro atoms. The Labute approximate surface area is 114 Å². The molecule has 2 unspecified atom stereocenters. The van der Waals surface area contributed by atoms with Crippen LogP contribution in [0.25, 0.3) is 0 Å². The van der Waals surface area contributed by atoms with Crippen molar-refractivity contribution < 1.29 is 5.11 Å². The van der Waals surface area contributed by atoms with Crippen molar-refractivity contribution in [3.63, 3.8) is 0 Å². The molecule has 0 bridgehead atoms. The lowest BCUT2D eigenvalue weighted by molar-refractivity contribution is 0.188. The number of aromatic nitrogens is 3. The average molecular weight is 264 g/mol. The van der Waals surface area contributed by atoms with Crippen molar-refractivity contribution in [2.75, 3.05) is 19.7 Å². The molecule has 1 aromatic heterocycles. The maximum Gasteiger partial charge on any atom is 0.134 e. The van der Waals surface area contributed by atoms with Gasteiger partial charge in [-0.05, 0) is 32.4 Å². The number of aliphatic hydroxyl groups excluding tert-OH is 1. The fourth-order valence-corrected chi connectivity index (χ4v) is 3.50. The van der Waals surface area contributed by atoms with Crippen LogP contribution in [0.5, 0.6) is 0 Å². The van der Waals surface area contributed by atoms with Crippen LogP contribution in [0.2, 0.25) is 0 Å². The second kappa shape index (κ2) is 5.59. The van der Waals surface area contributed by atoms with Crippen LogP contribution in [0, 0.1) is 5.92 Å². The number of likely N-dealkylation sites (N-methyl/N-ethyl adjacent to an activating group) is 1. The van der Waals surface area contributed by atoms with Crippen molar-refractivity contribution in [2.45, 2.75) is 51.6 Å². The number of fused-ring (bicyclic) bond motifs is 1. The van der Waals surface area contributed by atoms with Crippen LogP contribution in [0.1, 0.15) is 37.8 Å². The van der Waals surface area contributed by atoms with Gasteiger partial charge < -0.3 is 14.6 Å². The molecule has 1 fully saturated rings. The summed E-state index contributed by atoms with van der Waals surface area (Å²) in [4.78, 5) is 2.55. The molecule has 3 heterocycles. The number of likely N-dealkylation sites (tertiary alicyclic amines) is 1. The van der Waals surface area contributed by atoms with E-state index in [1.165, 1.54) is 19.4 Å². The second-order valence-corrected chi connectivity index (χ2v) is 5.86. The Hall–Kier alpha value is -0.940. The van der Waals surface area contributed by atoms with E-state index in [0.717, 1.165) is 44.0 Å². The largest absolute Gasteiger partial charge is 0.396 e. The molecule has 1 N–H and O–H groups in total. The van der Waals surface area contributed by atoms with Crippen LogP contribution in [0.3, 0.4) is 0 Å². The Balaban J connectivity index is 1.73. The average Bonchev–Trinajstić information content (AvgIpc) is 3.06. The molecule has 0 saturated carbocycles. The fourth-order valence-electron chi connectivity index (χ4n) is 3.50. The fraction of sp³-hybridized carbons (Fsp3) is 0.857. The number of hydrogen-bond acceptors (Lipinski definition) is 4. The van der Waals surface area contributed by atoms with E-state index in [1.54, 1.807) is 0 Å². The number of nitrogens with zero attached hydrogens (tertiary/aromatic N) is 4. The standard InChI is InChI=1S/C14H24N4O/c1-2-17-7-3-4-12(17)8-14-16-15-13-6-5-11(10-19)9-18(13)14/h11-12,19H,2-10H2,1H3. The van der Waals surface area contributed by atoms with Crippen LogP contribution >= 0.6 is 0 Å². The summed E-state index contributed by atoms with van der Waals surface area (Å²) in [6.45, 7) is 5.76. The zero-order chi connectivity index (χ0) is 13.2. The molecule has 0 aliphatic carbocycles. The van der Waals surface area contributed by atoms with Crippen LogP contribution in [-0.4, -0.2) is 50.5 Å². The Bertz CT molecular complexity index is 431. The minimum Gasteiger partial charge on any atom is -0.396 e. The highest BCUT2D eigenvalue weighted by molar-refractivity contribution is 5.02. The third kappa shape index (κ3) is 2.54. The summed E-state index contributed by atoms with van der Waals surface area (Å²) in [7, 11) is 0. The lowest BCUT2D eigenvalue weighted by atomic mass is 10.00. The summed E-state index contributed by atoms with van der Waals surface area (Å²) in [5, 5.41) is 18.1. The molecule has 1 aromatic rings. The van der Waals surface area contributed by atoms with Crippen molar-refractivity contribution in [3.05, 3.63) is 11.6 Å². The molecular weight excluding hydrogens is 240 g/mol. The van der Waals surface area contributed by atoms with Gasteiger partial charge in [0, 0.05) is 38.0 Å². The molecule has 5 nitrogen and oxygen atoms in total. The third-order valence-corrected chi connectivity index (χ3v) is 4.70. The highest BCUT2D eigenvalue weighted by Crippen LogP contribution is 2.24. The monoisotopic (exact) mass is 264 g/mol. The van der Waals surface area contributed by atoms with E-state index < -0.39 is 0 Å². The van der Waals surface area contributed by atoms with E-state index in [1.807, 2.05) is 0 Å². The molecule has 0 aromatic carbocycles. The van der Waals surface area contributed by atoms with Crippen LogP contribution in [0.4, 0.5) is 0 Å². The van der Waals surface area contributed by atoms with E-state index in [9.17, 15) is 5.11 Å². The van der Waals surface area contributed by atoms with Gasteiger partial charge in [-0.25, -0.2) is 0 Å². The molecule has 5 heteroatoms. The van der Waals surface area contributed by atoms with Crippen LogP contribution in [-0.2, 0) is 19.4 Å². The van der Waals surface area contributed by atoms with Crippen molar-refractivity contribution in [2.24, 2.45) is 5.92 Å². The normalized spacial score (nSPS) is 27.7. The van der Waals surface area contributed by atoms with Crippen molar-refractivity contribution in [1.82, 2.24) is 19.7 Å². The molecule has 2 aliphatic rings. The Kier molecular flexibility index (Phi) is 3.84. The maximum absolute atomic E-state index is 9.35. The van der Waals surface area contributed by atoms with E-state index in [0.29, 0.717) is 12.0 Å². The summed E-state index contributed by atoms with van der Waals surface area (Å²) in [6.07, 6.45) is 5.59. The number of aliphatic hydroxyl groups is 1. The lowest BCUT2D eigenvalue weighted by Gasteiger charge is -2.25. The van der Waals surface area contributed by atoms with Gasteiger partial charge in [-0.15, -0.1) is 10.2 Å². The van der Waals surface area contributed by atoms with E-state index in [-0.39, 0.29) is 6.61 Å². The SMILES string of the molecule is CCN1CCCC1Cc1nnc2n1CC(CO)CC2. The van der Waals surface area contributed by atoms with Gasteiger partial charge in [0.15, 0.2) is 0 Å². The van der Waals surface area contributed by atoms with Gasteiger partial charge in [-0.3, -0.25) is 0 Å². The summed E-state index contributed by atoms with van der Waals surface area (Å²) in [5.74, 6) is 2.62. The Morgan fingerprint density at radius 1 is 1.32 bits per heavy atom.